The summed E-state index contributed by atoms with van der Waals surface area (Å²) < 4.78 is 15.7. The minimum absolute atomic E-state index is 0.0789. The van der Waals surface area contributed by atoms with Crippen LogP contribution in [0, 0.1) is 0 Å². The van der Waals surface area contributed by atoms with Gasteiger partial charge in [-0.25, -0.2) is 14.6 Å². The molecule has 152 valence electrons. The standard InChI is InChI=1S/C19H22Cl2N2O5/c1-19(2,3)28-18(25)22-6-5-7-27-15-10-14(17(24)26-4)23-13-9-11(20)8-12(21)16(13)15/h8-10H,5-7H2,1-4H3,(H,22,25). The first-order chi connectivity index (χ1) is 13.1. The predicted octanol–water partition coefficient (Wildman–Crippen LogP) is 4.62. The summed E-state index contributed by atoms with van der Waals surface area (Å²) in [6.45, 7) is 6.01. The number of nitrogens with one attached hydrogen (secondary N) is 1. The minimum atomic E-state index is -0.602. The van der Waals surface area contributed by atoms with Crippen LogP contribution in [0.3, 0.4) is 0 Å². The Morgan fingerprint density at radius 2 is 1.89 bits per heavy atom. The third-order valence-electron chi connectivity index (χ3n) is 3.43. The van der Waals surface area contributed by atoms with E-state index in [0.29, 0.717) is 39.7 Å². The highest BCUT2D eigenvalue weighted by Gasteiger charge is 2.17. The Hall–Kier alpha value is -2.25. The van der Waals surface area contributed by atoms with Crippen molar-refractivity contribution in [2.45, 2.75) is 32.8 Å². The number of pyridine rings is 1. The van der Waals surface area contributed by atoms with Crippen molar-refractivity contribution in [3.63, 3.8) is 0 Å². The molecule has 1 aromatic carbocycles. The van der Waals surface area contributed by atoms with E-state index >= 15 is 0 Å². The lowest BCUT2D eigenvalue weighted by Crippen LogP contribution is -2.33. The number of amides is 1. The zero-order valence-electron chi connectivity index (χ0n) is 16.1. The van der Waals surface area contributed by atoms with Gasteiger partial charge in [0, 0.05) is 17.6 Å². The van der Waals surface area contributed by atoms with Gasteiger partial charge < -0.3 is 19.5 Å². The van der Waals surface area contributed by atoms with Crippen molar-refractivity contribution in [1.29, 1.82) is 0 Å². The number of benzene rings is 1. The number of esters is 1. The minimum Gasteiger partial charge on any atom is -0.493 e. The fourth-order valence-corrected chi connectivity index (χ4v) is 2.91. The molecular weight excluding hydrogens is 407 g/mol. The van der Waals surface area contributed by atoms with Gasteiger partial charge in [0.25, 0.3) is 0 Å². The van der Waals surface area contributed by atoms with E-state index in [4.69, 9.17) is 37.4 Å². The highest BCUT2D eigenvalue weighted by molar-refractivity contribution is 6.39. The summed E-state index contributed by atoms with van der Waals surface area (Å²) in [5, 5.41) is 3.93. The molecule has 1 heterocycles. The Labute approximate surface area is 173 Å². The molecule has 2 rings (SSSR count). The van der Waals surface area contributed by atoms with E-state index in [-0.39, 0.29) is 12.3 Å². The van der Waals surface area contributed by atoms with Gasteiger partial charge in [0.2, 0.25) is 0 Å². The number of fused-ring (bicyclic) bond motifs is 1. The molecule has 0 saturated carbocycles. The van der Waals surface area contributed by atoms with Gasteiger partial charge in [0.15, 0.2) is 5.69 Å². The van der Waals surface area contributed by atoms with E-state index in [1.54, 1.807) is 32.9 Å². The smallest absolute Gasteiger partial charge is 0.407 e. The quantitative estimate of drug-likeness (QED) is 0.533. The van der Waals surface area contributed by atoms with Gasteiger partial charge in [-0.15, -0.1) is 0 Å². The summed E-state index contributed by atoms with van der Waals surface area (Å²) in [7, 11) is 1.27. The molecule has 0 bridgehead atoms. The second-order valence-corrected chi connectivity index (χ2v) is 7.75. The van der Waals surface area contributed by atoms with E-state index in [9.17, 15) is 9.59 Å². The third kappa shape index (κ3) is 6.14. The Morgan fingerprint density at radius 1 is 1.18 bits per heavy atom. The van der Waals surface area contributed by atoms with Crippen LogP contribution < -0.4 is 10.1 Å². The zero-order valence-corrected chi connectivity index (χ0v) is 17.6. The Balaban J connectivity index is 2.09. The SMILES string of the molecule is COC(=O)c1cc(OCCCNC(=O)OC(C)(C)C)c2c(Cl)cc(Cl)cc2n1. The number of methoxy groups -OCH3 is 1. The number of aromatic nitrogens is 1. The Morgan fingerprint density at radius 3 is 2.54 bits per heavy atom. The van der Waals surface area contributed by atoms with Crippen LogP contribution in [0.15, 0.2) is 18.2 Å². The number of hydrogen-bond donors (Lipinski definition) is 1. The van der Waals surface area contributed by atoms with Crippen LogP contribution in [0.2, 0.25) is 10.0 Å². The van der Waals surface area contributed by atoms with Crippen molar-refractivity contribution >= 4 is 46.2 Å². The average molecular weight is 429 g/mol. The number of halogens is 2. The topological polar surface area (TPSA) is 86.8 Å². The normalized spacial score (nSPS) is 11.2. The molecule has 28 heavy (non-hydrogen) atoms. The van der Waals surface area contributed by atoms with Crippen LogP contribution >= 0.6 is 23.2 Å². The van der Waals surface area contributed by atoms with Crippen LogP contribution in [-0.4, -0.2) is 42.9 Å². The molecule has 0 aliphatic carbocycles. The summed E-state index contributed by atoms with van der Waals surface area (Å²) >= 11 is 12.3. The molecule has 1 N–H and O–H groups in total. The van der Waals surface area contributed by atoms with Gasteiger partial charge in [0.05, 0.1) is 29.6 Å². The van der Waals surface area contributed by atoms with Crippen molar-refractivity contribution in [3.8, 4) is 5.75 Å². The third-order valence-corrected chi connectivity index (χ3v) is 3.95. The van der Waals surface area contributed by atoms with Crippen LogP contribution in [0.4, 0.5) is 4.79 Å². The Bertz CT molecular complexity index is 881. The average Bonchev–Trinajstić information content (AvgIpc) is 2.58. The van der Waals surface area contributed by atoms with E-state index < -0.39 is 17.7 Å². The maximum absolute atomic E-state index is 11.9. The van der Waals surface area contributed by atoms with E-state index in [1.807, 2.05) is 0 Å². The summed E-state index contributed by atoms with van der Waals surface area (Å²) in [4.78, 5) is 27.7. The fourth-order valence-electron chi connectivity index (χ4n) is 2.33. The summed E-state index contributed by atoms with van der Waals surface area (Å²) in [5.41, 5.74) is -0.0590. The molecule has 0 spiro atoms. The van der Waals surface area contributed by atoms with Crippen molar-refractivity contribution < 1.29 is 23.8 Å². The highest BCUT2D eigenvalue weighted by Crippen LogP contribution is 2.34. The van der Waals surface area contributed by atoms with Gasteiger partial charge in [-0.05, 0) is 39.3 Å². The van der Waals surface area contributed by atoms with Gasteiger partial charge >= 0.3 is 12.1 Å². The van der Waals surface area contributed by atoms with Crippen LogP contribution in [0.25, 0.3) is 10.9 Å². The Kier molecular flexibility index (Phi) is 7.32. The van der Waals surface area contributed by atoms with Gasteiger partial charge in [-0.1, -0.05) is 23.2 Å². The van der Waals surface area contributed by atoms with E-state index in [1.165, 1.54) is 13.2 Å². The molecule has 0 fully saturated rings. The predicted molar refractivity (Wildman–Crippen MR) is 107 cm³/mol. The maximum Gasteiger partial charge on any atom is 0.407 e. The number of carbonyl (C=O) groups excluding carboxylic acids is 2. The van der Waals surface area contributed by atoms with E-state index in [0.717, 1.165) is 0 Å². The second-order valence-electron chi connectivity index (χ2n) is 6.91. The molecule has 0 unspecified atom stereocenters. The molecule has 1 aromatic heterocycles. The van der Waals surface area contributed by atoms with Crippen molar-refractivity contribution in [1.82, 2.24) is 10.3 Å². The number of rotatable bonds is 6. The van der Waals surface area contributed by atoms with Crippen LogP contribution in [0.1, 0.15) is 37.7 Å². The molecule has 7 nitrogen and oxygen atoms in total. The largest absolute Gasteiger partial charge is 0.493 e. The molecule has 2 aromatic rings. The lowest BCUT2D eigenvalue weighted by molar-refractivity contribution is 0.0523. The van der Waals surface area contributed by atoms with Crippen LogP contribution in [0.5, 0.6) is 5.75 Å². The van der Waals surface area contributed by atoms with Crippen molar-refractivity contribution in [2.24, 2.45) is 0 Å². The first-order valence-corrected chi connectivity index (χ1v) is 9.34. The zero-order chi connectivity index (χ0) is 20.9. The lowest BCUT2D eigenvalue weighted by Gasteiger charge is -2.19. The molecule has 0 atom stereocenters. The summed E-state index contributed by atoms with van der Waals surface area (Å²) in [6.07, 6.45) is 0.0227. The number of nitrogens with zero attached hydrogens (tertiary/aromatic N) is 1. The molecule has 9 heteroatoms. The van der Waals surface area contributed by atoms with Gasteiger partial charge in [-0.2, -0.15) is 0 Å². The van der Waals surface area contributed by atoms with E-state index in [2.05, 4.69) is 10.3 Å². The van der Waals surface area contributed by atoms with Gasteiger partial charge in [-0.3, -0.25) is 0 Å². The van der Waals surface area contributed by atoms with Gasteiger partial charge in [0.1, 0.15) is 11.4 Å². The summed E-state index contributed by atoms with van der Waals surface area (Å²) in [6, 6.07) is 4.63. The second kappa shape index (κ2) is 9.30. The molecule has 1 amide bonds. The number of carbonyl (C=O) groups is 2. The molecule has 0 saturated heterocycles. The number of ether oxygens (including phenoxy) is 3. The van der Waals surface area contributed by atoms with Crippen molar-refractivity contribution in [2.75, 3.05) is 20.3 Å². The highest BCUT2D eigenvalue weighted by atomic mass is 35.5. The number of hydrogen-bond acceptors (Lipinski definition) is 6. The first kappa shape index (κ1) is 22.0. The number of alkyl carbamates (subject to hydrolysis) is 1. The monoisotopic (exact) mass is 428 g/mol. The molecule has 0 aliphatic heterocycles. The lowest BCUT2D eigenvalue weighted by atomic mass is 10.1. The molecular formula is C19H22Cl2N2O5. The summed E-state index contributed by atoms with van der Waals surface area (Å²) in [5.74, 6) is -0.223. The van der Waals surface area contributed by atoms with Crippen LogP contribution in [-0.2, 0) is 9.47 Å². The molecule has 0 radical (unpaired) electrons. The first-order valence-electron chi connectivity index (χ1n) is 8.58. The maximum atomic E-state index is 11.9. The molecule has 0 aliphatic rings. The van der Waals surface area contributed by atoms with Crippen molar-refractivity contribution in [3.05, 3.63) is 33.9 Å². The fraction of sp³-hybridized carbons (Fsp3) is 0.421.